The lowest BCUT2D eigenvalue weighted by Crippen LogP contribution is -2.36. The molecule has 0 radical (unpaired) electrons. The molecule has 0 aliphatic rings. The Morgan fingerprint density at radius 3 is 2.74 bits per heavy atom. The highest BCUT2D eigenvalue weighted by Crippen LogP contribution is 2.32. The molecule has 0 fully saturated rings. The number of nitrogens with zero attached hydrogens (tertiary/aromatic N) is 1. The summed E-state index contributed by atoms with van der Waals surface area (Å²) in [7, 11) is 1.63. The van der Waals surface area contributed by atoms with Crippen LogP contribution < -0.4 is 20.7 Å². The van der Waals surface area contributed by atoms with E-state index in [-0.39, 0.29) is 5.91 Å². The molecular weight excluding hydrogens is 242 g/mol. The molecule has 0 atom stereocenters. The summed E-state index contributed by atoms with van der Waals surface area (Å²) in [5.41, 5.74) is 7.55. The lowest BCUT2D eigenvalue weighted by molar-refractivity contribution is -0.119. The molecule has 0 saturated carbocycles. The van der Waals surface area contributed by atoms with Crippen LogP contribution in [0, 0.1) is 0 Å². The third kappa shape index (κ3) is 4.05. The van der Waals surface area contributed by atoms with E-state index in [0.29, 0.717) is 24.6 Å². The lowest BCUT2D eigenvalue weighted by atomic mass is 10.2. The number of benzene rings is 1. The molecular formula is C14H23N3O2. The van der Waals surface area contributed by atoms with Crippen LogP contribution in [0.5, 0.6) is 5.75 Å². The van der Waals surface area contributed by atoms with Gasteiger partial charge in [0.1, 0.15) is 5.75 Å². The van der Waals surface area contributed by atoms with Gasteiger partial charge in [0.2, 0.25) is 5.91 Å². The molecule has 106 valence electrons. The van der Waals surface area contributed by atoms with E-state index in [1.807, 2.05) is 30.0 Å². The second kappa shape index (κ2) is 7.51. The summed E-state index contributed by atoms with van der Waals surface area (Å²) in [6.45, 7) is 5.62. The Morgan fingerprint density at radius 2 is 2.16 bits per heavy atom. The molecule has 0 spiro atoms. The summed E-state index contributed by atoms with van der Waals surface area (Å²) in [6, 6.07) is 5.64. The summed E-state index contributed by atoms with van der Waals surface area (Å²) in [6.07, 6.45) is 0.940. The van der Waals surface area contributed by atoms with Crippen molar-refractivity contribution in [2.75, 3.05) is 37.4 Å². The minimum Gasteiger partial charge on any atom is -0.492 e. The second-order valence-electron chi connectivity index (χ2n) is 4.22. The van der Waals surface area contributed by atoms with Crippen molar-refractivity contribution in [1.29, 1.82) is 0 Å². The van der Waals surface area contributed by atoms with E-state index in [1.54, 1.807) is 7.05 Å². The largest absolute Gasteiger partial charge is 0.492 e. The number of hydrogen-bond donors (Lipinski definition) is 2. The average Bonchev–Trinajstić information content (AvgIpc) is 2.41. The monoisotopic (exact) mass is 265 g/mol. The Balaban J connectivity index is 3.01. The third-order valence-corrected chi connectivity index (χ3v) is 2.79. The molecule has 5 heteroatoms. The number of para-hydroxylation sites is 1. The molecule has 0 unspecified atom stereocenters. The van der Waals surface area contributed by atoms with Crippen LogP contribution in [0.25, 0.3) is 0 Å². The molecule has 0 bridgehead atoms. The smallest absolute Gasteiger partial charge is 0.239 e. The van der Waals surface area contributed by atoms with Gasteiger partial charge in [0.25, 0.3) is 0 Å². The Kier molecular flexibility index (Phi) is 5.99. The van der Waals surface area contributed by atoms with E-state index in [4.69, 9.17) is 10.5 Å². The van der Waals surface area contributed by atoms with Crippen LogP contribution in [0.3, 0.4) is 0 Å². The maximum absolute atomic E-state index is 11.6. The van der Waals surface area contributed by atoms with Crippen molar-refractivity contribution in [3.05, 3.63) is 18.2 Å². The molecule has 1 aromatic rings. The fraction of sp³-hybridized carbons (Fsp3) is 0.500. The fourth-order valence-electron chi connectivity index (χ4n) is 1.90. The SMILES string of the molecule is CCCN(CC(=O)NC)c1cccc(OCC)c1N. The van der Waals surface area contributed by atoms with Crippen molar-refractivity contribution >= 4 is 17.3 Å². The summed E-state index contributed by atoms with van der Waals surface area (Å²) < 4.78 is 5.48. The van der Waals surface area contributed by atoms with Gasteiger partial charge in [0.05, 0.1) is 24.5 Å². The second-order valence-corrected chi connectivity index (χ2v) is 4.22. The van der Waals surface area contributed by atoms with Crippen LogP contribution in [0.15, 0.2) is 18.2 Å². The Bertz CT molecular complexity index is 421. The molecule has 19 heavy (non-hydrogen) atoms. The minimum atomic E-state index is -0.0327. The van der Waals surface area contributed by atoms with E-state index in [2.05, 4.69) is 12.2 Å². The minimum absolute atomic E-state index is 0.0327. The van der Waals surface area contributed by atoms with Gasteiger partial charge >= 0.3 is 0 Å². The van der Waals surface area contributed by atoms with E-state index in [1.165, 1.54) is 0 Å². The molecule has 0 heterocycles. The predicted octanol–water partition coefficient (Wildman–Crippen LogP) is 1.63. The van der Waals surface area contributed by atoms with Gasteiger partial charge in [-0.25, -0.2) is 0 Å². The molecule has 0 aliphatic heterocycles. The number of anilines is 2. The topological polar surface area (TPSA) is 67.6 Å². The predicted molar refractivity (Wildman–Crippen MR) is 78.6 cm³/mol. The van der Waals surface area contributed by atoms with Crippen molar-refractivity contribution in [3.8, 4) is 5.75 Å². The zero-order valence-electron chi connectivity index (χ0n) is 11.9. The van der Waals surface area contributed by atoms with Crippen molar-refractivity contribution in [2.24, 2.45) is 0 Å². The zero-order chi connectivity index (χ0) is 14.3. The van der Waals surface area contributed by atoms with Gasteiger partial charge in [-0.05, 0) is 25.5 Å². The molecule has 0 aliphatic carbocycles. The highest BCUT2D eigenvalue weighted by Gasteiger charge is 2.15. The van der Waals surface area contributed by atoms with Gasteiger partial charge < -0.3 is 20.7 Å². The maximum Gasteiger partial charge on any atom is 0.239 e. The van der Waals surface area contributed by atoms with Gasteiger partial charge in [0.15, 0.2) is 0 Å². The number of nitrogens with one attached hydrogen (secondary N) is 1. The first-order chi connectivity index (χ1) is 9.13. The third-order valence-electron chi connectivity index (χ3n) is 2.79. The lowest BCUT2D eigenvalue weighted by Gasteiger charge is -2.25. The first-order valence-corrected chi connectivity index (χ1v) is 6.60. The molecule has 0 aromatic heterocycles. The Hall–Kier alpha value is -1.91. The highest BCUT2D eigenvalue weighted by molar-refractivity contribution is 5.84. The van der Waals surface area contributed by atoms with E-state index < -0.39 is 0 Å². The number of carbonyl (C=O) groups excluding carboxylic acids is 1. The molecule has 1 rings (SSSR count). The van der Waals surface area contributed by atoms with Crippen LogP contribution in [0.2, 0.25) is 0 Å². The van der Waals surface area contributed by atoms with Gasteiger partial charge in [-0.15, -0.1) is 0 Å². The van der Waals surface area contributed by atoms with E-state index in [9.17, 15) is 4.79 Å². The first-order valence-electron chi connectivity index (χ1n) is 6.60. The number of rotatable bonds is 7. The maximum atomic E-state index is 11.6. The zero-order valence-corrected chi connectivity index (χ0v) is 11.9. The fourth-order valence-corrected chi connectivity index (χ4v) is 1.90. The normalized spacial score (nSPS) is 10.1. The van der Waals surface area contributed by atoms with Crippen molar-refractivity contribution in [3.63, 3.8) is 0 Å². The summed E-state index contributed by atoms with van der Waals surface area (Å²) in [5, 5.41) is 2.63. The summed E-state index contributed by atoms with van der Waals surface area (Å²) >= 11 is 0. The molecule has 1 aromatic carbocycles. The molecule has 0 saturated heterocycles. The summed E-state index contributed by atoms with van der Waals surface area (Å²) in [5.74, 6) is 0.632. The number of likely N-dealkylation sites (N-methyl/N-ethyl adjacent to an activating group) is 1. The van der Waals surface area contributed by atoms with Crippen LogP contribution in [0.4, 0.5) is 11.4 Å². The standard InChI is InChI=1S/C14H23N3O2/c1-4-9-17(10-13(18)16-3)11-7-6-8-12(14(11)15)19-5-2/h6-8H,4-5,9-10,15H2,1-3H3,(H,16,18). The quantitative estimate of drug-likeness (QED) is 0.735. The van der Waals surface area contributed by atoms with Crippen molar-refractivity contribution in [2.45, 2.75) is 20.3 Å². The number of ether oxygens (including phenoxy) is 1. The van der Waals surface area contributed by atoms with Crippen molar-refractivity contribution < 1.29 is 9.53 Å². The van der Waals surface area contributed by atoms with Crippen LogP contribution in [-0.2, 0) is 4.79 Å². The van der Waals surface area contributed by atoms with E-state index in [0.717, 1.165) is 18.7 Å². The number of amides is 1. The Morgan fingerprint density at radius 1 is 1.42 bits per heavy atom. The number of carbonyl (C=O) groups is 1. The van der Waals surface area contributed by atoms with Gasteiger partial charge in [0, 0.05) is 13.6 Å². The van der Waals surface area contributed by atoms with Gasteiger partial charge in [-0.3, -0.25) is 4.79 Å². The highest BCUT2D eigenvalue weighted by atomic mass is 16.5. The first kappa shape index (κ1) is 15.1. The van der Waals surface area contributed by atoms with Gasteiger partial charge in [-0.1, -0.05) is 13.0 Å². The number of hydrogen-bond acceptors (Lipinski definition) is 4. The van der Waals surface area contributed by atoms with Crippen molar-refractivity contribution in [1.82, 2.24) is 5.32 Å². The van der Waals surface area contributed by atoms with Crippen LogP contribution >= 0.6 is 0 Å². The Labute approximate surface area is 114 Å². The molecule has 1 amide bonds. The van der Waals surface area contributed by atoms with E-state index >= 15 is 0 Å². The van der Waals surface area contributed by atoms with Crippen LogP contribution in [0.1, 0.15) is 20.3 Å². The van der Waals surface area contributed by atoms with Gasteiger partial charge in [-0.2, -0.15) is 0 Å². The summed E-state index contributed by atoms with van der Waals surface area (Å²) in [4.78, 5) is 13.5. The number of nitrogens with two attached hydrogens (primary N) is 1. The molecule has 5 nitrogen and oxygen atoms in total. The number of nitrogen functional groups attached to an aromatic ring is 1. The molecule has 3 N–H and O–H groups in total. The average molecular weight is 265 g/mol. The van der Waals surface area contributed by atoms with Crippen LogP contribution in [-0.4, -0.2) is 32.7 Å².